The number of halogens is 4. The third-order valence-corrected chi connectivity index (χ3v) is 3.34. The van der Waals surface area contributed by atoms with Gasteiger partial charge >= 0.3 is 5.92 Å². The number of pyridine rings is 1. The molecule has 3 rings (SSSR count). The van der Waals surface area contributed by atoms with E-state index < -0.39 is 5.92 Å². The van der Waals surface area contributed by atoms with E-state index in [4.69, 9.17) is 23.2 Å². The lowest BCUT2D eigenvalue weighted by Crippen LogP contribution is -2.09. The smallest absolute Gasteiger partial charge is 0.245 e. The van der Waals surface area contributed by atoms with Crippen LogP contribution in [0.5, 0.6) is 0 Å². The number of nitrogens with zero attached hydrogens (tertiary/aromatic N) is 1. The Morgan fingerprint density at radius 2 is 1.94 bits per heavy atom. The first-order chi connectivity index (χ1) is 7.99. The molecule has 2 aromatic rings. The highest BCUT2D eigenvalue weighted by molar-refractivity contribution is 6.38. The third-order valence-electron chi connectivity index (χ3n) is 2.69. The highest BCUT2D eigenvalue weighted by Crippen LogP contribution is 2.43. The van der Waals surface area contributed by atoms with Crippen LogP contribution < -0.4 is 0 Å². The standard InChI is InChI=1S/C12H5Cl2F2N/c13-6-1-2-9-8(5-6)10(14)7-3-4-12(15,16)11(7)17-9/h1-5H. The summed E-state index contributed by atoms with van der Waals surface area (Å²) in [5, 5.41) is 1.34. The maximum Gasteiger partial charge on any atom is 0.309 e. The summed E-state index contributed by atoms with van der Waals surface area (Å²) in [6.45, 7) is 0. The number of aromatic nitrogens is 1. The van der Waals surface area contributed by atoms with E-state index in [0.29, 0.717) is 15.9 Å². The van der Waals surface area contributed by atoms with Crippen molar-refractivity contribution in [2.45, 2.75) is 5.92 Å². The van der Waals surface area contributed by atoms with Gasteiger partial charge in [0.15, 0.2) is 0 Å². The summed E-state index contributed by atoms with van der Waals surface area (Å²) in [4.78, 5) is 3.95. The van der Waals surface area contributed by atoms with Gasteiger partial charge in [-0.3, -0.25) is 0 Å². The lowest BCUT2D eigenvalue weighted by atomic mass is 10.1. The number of fused-ring (bicyclic) bond motifs is 2. The van der Waals surface area contributed by atoms with E-state index in [9.17, 15) is 8.78 Å². The van der Waals surface area contributed by atoms with Crippen molar-refractivity contribution in [3.05, 3.63) is 45.6 Å². The van der Waals surface area contributed by atoms with Crippen molar-refractivity contribution < 1.29 is 8.78 Å². The molecule has 1 nitrogen and oxygen atoms in total. The van der Waals surface area contributed by atoms with Crippen LogP contribution in [0.25, 0.3) is 17.0 Å². The van der Waals surface area contributed by atoms with Crippen LogP contribution in [0.2, 0.25) is 10.0 Å². The zero-order valence-electron chi connectivity index (χ0n) is 8.35. The molecule has 0 fully saturated rings. The Bertz CT molecular complexity index is 665. The minimum absolute atomic E-state index is 0.265. The zero-order chi connectivity index (χ0) is 12.2. The average Bonchev–Trinajstić information content (AvgIpc) is 2.57. The lowest BCUT2D eigenvalue weighted by molar-refractivity contribution is 0.0514. The first-order valence-corrected chi connectivity index (χ1v) is 5.61. The molecule has 0 bridgehead atoms. The fraction of sp³-hybridized carbons (Fsp3) is 0.0833. The average molecular weight is 272 g/mol. The largest absolute Gasteiger partial charge is 0.309 e. The Balaban J connectivity index is 2.43. The number of rotatable bonds is 0. The molecular formula is C12H5Cl2F2N. The van der Waals surface area contributed by atoms with Crippen LogP contribution in [0.3, 0.4) is 0 Å². The van der Waals surface area contributed by atoms with Gasteiger partial charge in [-0.1, -0.05) is 23.2 Å². The van der Waals surface area contributed by atoms with Crippen LogP contribution in [0, 0.1) is 0 Å². The van der Waals surface area contributed by atoms with E-state index in [-0.39, 0.29) is 16.3 Å². The van der Waals surface area contributed by atoms with Gasteiger partial charge in [-0.25, -0.2) is 4.98 Å². The van der Waals surface area contributed by atoms with Crippen LogP contribution in [0.15, 0.2) is 24.3 Å². The van der Waals surface area contributed by atoms with Gasteiger partial charge in [-0.05, 0) is 30.4 Å². The molecule has 0 amide bonds. The van der Waals surface area contributed by atoms with Gasteiger partial charge in [-0.2, -0.15) is 8.78 Å². The normalized spacial score (nSPS) is 16.5. The molecule has 0 saturated carbocycles. The summed E-state index contributed by atoms with van der Waals surface area (Å²) in [6, 6.07) is 4.80. The SMILES string of the molecule is FC1(F)C=Cc2c1nc1ccc(Cl)cc1c2Cl. The Morgan fingerprint density at radius 1 is 1.18 bits per heavy atom. The van der Waals surface area contributed by atoms with Crippen molar-refractivity contribution in [2.24, 2.45) is 0 Å². The molecule has 5 heteroatoms. The van der Waals surface area contributed by atoms with Crippen molar-refractivity contribution in [3.63, 3.8) is 0 Å². The minimum Gasteiger partial charge on any atom is -0.245 e. The van der Waals surface area contributed by atoms with Gasteiger partial charge in [0, 0.05) is 16.0 Å². The molecule has 1 aromatic carbocycles. The van der Waals surface area contributed by atoms with E-state index in [1.165, 1.54) is 6.08 Å². The van der Waals surface area contributed by atoms with Crippen LogP contribution >= 0.6 is 23.2 Å². The van der Waals surface area contributed by atoms with Gasteiger partial charge < -0.3 is 0 Å². The first-order valence-electron chi connectivity index (χ1n) is 4.85. The molecule has 1 aliphatic carbocycles. The monoisotopic (exact) mass is 271 g/mol. The van der Waals surface area contributed by atoms with Crippen molar-refractivity contribution >= 4 is 40.2 Å². The summed E-state index contributed by atoms with van der Waals surface area (Å²) < 4.78 is 27.0. The van der Waals surface area contributed by atoms with Gasteiger partial charge in [-0.15, -0.1) is 0 Å². The van der Waals surface area contributed by atoms with Crippen LogP contribution in [-0.4, -0.2) is 4.98 Å². The predicted octanol–water partition coefficient (Wildman–Crippen LogP) is 4.66. The molecule has 0 N–H and O–H groups in total. The number of allylic oxidation sites excluding steroid dienone is 1. The van der Waals surface area contributed by atoms with Gasteiger partial charge in [0.25, 0.3) is 0 Å². The minimum atomic E-state index is -3.05. The Hall–Kier alpha value is -1.19. The zero-order valence-corrected chi connectivity index (χ0v) is 9.86. The molecule has 86 valence electrons. The summed E-state index contributed by atoms with van der Waals surface area (Å²) >= 11 is 11.9. The number of benzene rings is 1. The summed E-state index contributed by atoms with van der Waals surface area (Å²) in [7, 11) is 0. The highest BCUT2D eigenvalue weighted by atomic mass is 35.5. The molecule has 0 atom stereocenters. The van der Waals surface area contributed by atoms with Gasteiger partial charge in [0.1, 0.15) is 5.69 Å². The number of hydrogen-bond acceptors (Lipinski definition) is 1. The van der Waals surface area contributed by atoms with E-state index in [1.54, 1.807) is 18.2 Å². The second-order valence-corrected chi connectivity index (χ2v) is 4.62. The topological polar surface area (TPSA) is 12.9 Å². The van der Waals surface area contributed by atoms with Crippen LogP contribution in [0.1, 0.15) is 11.3 Å². The second-order valence-electron chi connectivity index (χ2n) is 3.81. The molecular weight excluding hydrogens is 267 g/mol. The van der Waals surface area contributed by atoms with E-state index >= 15 is 0 Å². The van der Waals surface area contributed by atoms with E-state index in [0.717, 1.165) is 6.08 Å². The number of hydrogen-bond donors (Lipinski definition) is 0. The molecule has 1 heterocycles. The first kappa shape index (κ1) is 10.9. The van der Waals surface area contributed by atoms with Crippen LogP contribution in [-0.2, 0) is 5.92 Å². The van der Waals surface area contributed by atoms with Gasteiger partial charge in [0.2, 0.25) is 0 Å². The summed E-state index contributed by atoms with van der Waals surface area (Å²) in [6.07, 6.45) is 2.10. The Morgan fingerprint density at radius 3 is 2.71 bits per heavy atom. The fourth-order valence-corrected chi connectivity index (χ4v) is 2.36. The van der Waals surface area contributed by atoms with Gasteiger partial charge in [0.05, 0.1) is 10.5 Å². The van der Waals surface area contributed by atoms with Crippen molar-refractivity contribution in [1.82, 2.24) is 4.98 Å². The summed E-state index contributed by atoms with van der Waals surface area (Å²) in [5.74, 6) is -3.05. The fourth-order valence-electron chi connectivity index (χ4n) is 1.88. The van der Waals surface area contributed by atoms with Crippen LogP contribution in [0.4, 0.5) is 8.78 Å². The predicted molar refractivity (Wildman–Crippen MR) is 64.7 cm³/mol. The molecule has 0 aliphatic heterocycles. The summed E-state index contributed by atoms with van der Waals surface area (Å²) in [5.41, 5.74) is 0.394. The lowest BCUT2D eigenvalue weighted by Gasteiger charge is -2.11. The Kier molecular flexibility index (Phi) is 2.19. The number of alkyl halides is 2. The maximum absolute atomic E-state index is 13.5. The van der Waals surface area contributed by atoms with E-state index in [1.807, 2.05) is 0 Å². The molecule has 17 heavy (non-hydrogen) atoms. The Labute approximate surface area is 106 Å². The molecule has 1 aromatic heterocycles. The van der Waals surface area contributed by atoms with Crippen molar-refractivity contribution in [3.8, 4) is 0 Å². The highest BCUT2D eigenvalue weighted by Gasteiger charge is 2.38. The third kappa shape index (κ3) is 1.53. The quantitative estimate of drug-likeness (QED) is 0.679. The maximum atomic E-state index is 13.5. The molecule has 0 radical (unpaired) electrons. The molecule has 0 spiro atoms. The van der Waals surface area contributed by atoms with E-state index in [2.05, 4.69) is 4.98 Å². The van der Waals surface area contributed by atoms with Crippen molar-refractivity contribution in [2.75, 3.05) is 0 Å². The molecule has 0 unspecified atom stereocenters. The second kappa shape index (κ2) is 3.40. The molecule has 0 saturated heterocycles. The molecule has 1 aliphatic rings. The van der Waals surface area contributed by atoms with Crippen molar-refractivity contribution in [1.29, 1.82) is 0 Å².